The maximum atomic E-state index is 6.07. The zero-order chi connectivity index (χ0) is 33.9. The summed E-state index contributed by atoms with van der Waals surface area (Å²) in [6.45, 7) is 7.95. The van der Waals surface area contributed by atoms with Crippen LogP contribution in [0.4, 0.5) is 0 Å². The summed E-state index contributed by atoms with van der Waals surface area (Å²) in [5, 5.41) is 2.21. The minimum Gasteiger partial charge on any atom is -0.494 e. The van der Waals surface area contributed by atoms with Crippen molar-refractivity contribution in [1.82, 2.24) is 19.8 Å². The molecule has 5 aromatic rings. The molecule has 6 heteroatoms. The van der Waals surface area contributed by atoms with E-state index in [2.05, 4.69) is 125 Å². The van der Waals surface area contributed by atoms with Gasteiger partial charge in [0, 0.05) is 22.2 Å². The highest BCUT2D eigenvalue weighted by molar-refractivity contribution is 6.12. The molecule has 0 fully saturated rings. The molecule has 6 nitrogen and oxygen atoms in total. The van der Waals surface area contributed by atoms with E-state index in [0.29, 0.717) is 0 Å². The summed E-state index contributed by atoms with van der Waals surface area (Å²) in [5.41, 5.74) is 8.45. The van der Waals surface area contributed by atoms with Crippen LogP contribution in [0.1, 0.15) is 62.8 Å². The minimum atomic E-state index is 0.755. The maximum Gasteiger partial charge on any atom is 0.119 e. The van der Waals surface area contributed by atoms with Gasteiger partial charge < -0.3 is 19.3 Å². The number of aryl methyl sites for hydroxylation is 2. The van der Waals surface area contributed by atoms with Crippen molar-refractivity contribution in [3.63, 3.8) is 0 Å². The van der Waals surface area contributed by atoms with Gasteiger partial charge in [0.2, 0.25) is 0 Å². The van der Waals surface area contributed by atoms with E-state index in [1.165, 1.54) is 38.5 Å². The van der Waals surface area contributed by atoms with Gasteiger partial charge in [-0.15, -0.1) is 0 Å². The third kappa shape index (κ3) is 9.77. The number of unbranched alkanes of at least 4 members (excludes halogenated alkanes) is 6. The number of ether oxygens (including phenoxy) is 2. The molecule has 0 aliphatic rings. The second-order valence-electron chi connectivity index (χ2n) is 13.7. The van der Waals surface area contributed by atoms with E-state index < -0.39 is 0 Å². The summed E-state index contributed by atoms with van der Waals surface area (Å²) >= 11 is 0. The van der Waals surface area contributed by atoms with Crippen molar-refractivity contribution < 1.29 is 9.47 Å². The number of pyridine rings is 2. The van der Waals surface area contributed by atoms with E-state index in [-0.39, 0.29) is 0 Å². The molecule has 0 aliphatic carbocycles. The Morgan fingerprint density at radius 3 is 1.23 bits per heavy atom. The molecule has 0 unspecified atom stereocenters. The van der Waals surface area contributed by atoms with E-state index in [1.54, 1.807) is 0 Å². The lowest BCUT2D eigenvalue weighted by molar-refractivity contribution is 0.302. The molecule has 0 spiro atoms. The average Bonchev–Trinajstić information content (AvgIpc) is 3.07. The molecule has 0 radical (unpaired) electrons. The Kier molecular flexibility index (Phi) is 12.8. The zero-order valence-electron chi connectivity index (χ0n) is 30.0. The normalized spacial score (nSPS) is 11.7. The number of aromatic nitrogens is 2. The topological polar surface area (TPSA) is 50.7 Å². The first-order valence-electron chi connectivity index (χ1n) is 17.8. The standard InChI is InChI=1S/C42H54N4O2/c1-31-29-39(33-15-19-35(20-16-33)47-27-13-9-7-11-25-45(3)4)37-23-24-38-40(30-32(2)44-42(38)41(37)43-31)34-17-21-36(22-18-34)48-28-14-10-8-12-26-46(5)6/h15-24,29-30H,7-14,25-28H2,1-6H3. The second kappa shape index (κ2) is 17.4. The molecule has 5 rings (SSSR count). The van der Waals surface area contributed by atoms with E-state index >= 15 is 0 Å². The fourth-order valence-corrected chi connectivity index (χ4v) is 6.32. The van der Waals surface area contributed by atoms with E-state index in [1.807, 2.05) is 0 Å². The molecule has 0 aliphatic heterocycles. The van der Waals surface area contributed by atoms with Crippen LogP contribution in [-0.4, -0.2) is 74.3 Å². The smallest absolute Gasteiger partial charge is 0.119 e. The first-order valence-corrected chi connectivity index (χ1v) is 17.8. The Morgan fingerprint density at radius 1 is 0.479 bits per heavy atom. The van der Waals surface area contributed by atoms with Crippen LogP contribution in [0.5, 0.6) is 11.5 Å². The van der Waals surface area contributed by atoms with Gasteiger partial charge in [0.1, 0.15) is 11.5 Å². The number of benzene rings is 3. The van der Waals surface area contributed by atoms with Crippen LogP contribution < -0.4 is 9.47 Å². The van der Waals surface area contributed by atoms with E-state index in [0.717, 1.165) is 106 Å². The Hall–Kier alpha value is -4.00. The third-order valence-corrected chi connectivity index (χ3v) is 8.88. The van der Waals surface area contributed by atoms with Crippen molar-refractivity contribution in [2.75, 3.05) is 54.5 Å². The molecule has 0 bridgehead atoms. The second-order valence-corrected chi connectivity index (χ2v) is 13.7. The van der Waals surface area contributed by atoms with Crippen LogP contribution in [0, 0.1) is 13.8 Å². The highest BCUT2D eigenvalue weighted by atomic mass is 16.5. The van der Waals surface area contributed by atoms with Gasteiger partial charge in [0.05, 0.1) is 24.2 Å². The summed E-state index contributed by atoms with van der Waals surface area (Å²) in [7, 11) is 8.53. The van der Waals surface area contributed by atoms with Gasteiger partial charge in [-0.2, -0.15) is 0 Å². The van der Waals surface area contributed by atoms with Gasteiger partial charge >= 0.3 is 0 Å². The average molecular weight is 647 g/mol. The van der Waals surface area contributed by atoms with Gasteiger partial charge in [-0.1, -0.05) is 62.1 Å². The fraction of sp³-hybridized carbons (Fsp3) is 0.429. The summed E-state index contributed by atoms with van der Waals surface area (Å²) in [4.78, 5) is 14.6. The van der Waals surface area contributed by atoms with Gasteiger partial charge in [0.25, 0.3) is 0 Å². The zero-order valence-corrected chi connectivity index (χ0v) is 30.0. The number of fused-ring (bicyclic) bond motifs is 3. The van der Waals surface area contributed by atoms with E-state index in [9.17, 15) is 0 Å². The van der Waals surface area contributed by atoms with Gasteiger partial charge in [-0.25, -0.2) is 0 Å². The predicted octanol–water partition coefficient (Wildman–Crippen LogP) is 9.74. The molecule has 2 heterocycles. The summed E-state index contributed by atoms with van der Waals surface area (Å²) in [6, 6.07) is 25.8. The fourth-order valence-electron chi connectivity index (χ4n) is 6.32. The quantitative estimate of drug-likeness (QED) is 0.0698. The number of hydrogen-bond acceptors (Lipinski definition) is 6. The molecule has 2 aromatic heterocycles. The van der Waals surface area contributed by atoms with Crippen LogP contribution in [0.2, 0.25) is 0 Å². The van der Waals surface area contributed by atoms with Crippen LogP contribution in [-0.2, 0) is 0 Å². The molecular formula is C42H54N4O2. The van der Waals surface area contributed by atoms with Gasteiger partial charge in [-0.3, -0.25) is 9.97 Å². The monoisotopic (exact) mass is 646 g/mol. The molecular weight excluding hydrogens is 592 g/mol. The molecule has 0 atom stereocenters. The van der Waals surface area contributed by atoms with Crippen molar-refractivity contribution in [3.8, 4) is 33.8 Å². The van der Waals surface area contributed by atoms with Crippen LogP contribution in [0.25, 0.3) is 44.1 Å². The first kappa shape index (κ1) is 35.3. The molecule has 254 valence electrons. The van der Waals surface area contributed by atoms with Crippen molar-refractivity contribution in [2.24, 2.45) is 0 Å². The summed E-state index contributed by atoms with van der Waals surface area (Å²) in [5.74, 6) is 1.84. The third-order valence-electron chi connectivity index (χ3n) is 8.88. The molecule has 0 saturated carbocycles. The maximum absolute atomic E-state index is 6.07. The van der Waals surface area contributed by atoms with Crippen molar-refractivity contribution in [2.45, 2.75) is 65.2 Å². The largest absolute Gasteiger partial charge is 0.494 e. The number of hydrogen-bond donors (Lipinski definition) is 0. The highest BCUT2D eigenvalue weighted by Crippen LogP contribution is 2.37. The predicted molar refractivity (Wildman–Crippen MR) is 202 cm³/mol. The summed E-state index contributed by atoms with van der Waals surface area (Å²) < 4.78 is 12.1. The van der Waals surface area contributed by atoms with Gasteiger partial charge in [0.15, 0.2) is 0 Å². The lowest BCUT2D eigenvalue weighted by atomic mass is 9.95. The Morgan fingerprint density at radius 2 is 0.854 bits per heavy atom. The highest BCUT2D eigenvalue weighted by Gasteiger charge is 2.15. The SMILES string of the molecule is Cc1cc(-c2ccc(OCCCCCCN(C)C)cc2)c2ccc3c(-c4ccc(OCCCCCCN(C)C)cc4)cc(C)nc3c2n1. The summed E-state index contributed by atoms with van der Waals surface area (Å²) in [6.07, 6.45) is 9.56. The Labute approximate surface area is 288 Å². The van der Waals surface area contributed by atoms with Crippen LogP contribution in [0.3, 0.4) is 0 Å². The molecule has 0 amide bonds. The molecule has 48 heavy (non-hydrogen) atoms. The molecule has 3 aromatic carbocycles. The molecule has 0 N–H and O–H groups in total. The van der Waals surface area contributed by atoms with Crippen molar-refractivity contribution in [3.05, 3.63) is 84.2 Å². The number of nitrogens with zero attached hydrogens (tertiary/aromatic N) is 4. The lowest BCUT2D eigenvalue weighted by Crippen LogP contribution is -2.12. The first-order chi connectivity index (χ1) is 23.3. The Bertz CT molecular complexity index is 1620. The lowest BCUT2D eigenvalue weighted by Gasteiger charge is -2.14. The minimum absolute atomic E-state index is 0.755. The number of rotatable bonds is 18. The van der Waals surface area contributed by atoms with E-state index in [4.69, 9.17) is 19.4 Å². The Balaban J connectivity index is 1.29. The van der Waals surface area contributed by atoms with Crippen molar-refractivity contribution in [1.29, 1.82) is 0 Å². The molecule has 0 saturated heterocycles. The van der Waals surface area contributed by atoms with Crippen molar-refractivity contribution >= 4 is 21.8 Å². The van der Waals surface area contributed by atoms with Crippen LogP contribution in [0.15, 0.2) is 72.8 Å². The van der Waals surface area contributed by atoms with Crippen LogP contribution >= 0.6 is 0 Å². The van der Waals surface area contributed by atoms with Gasteiger partial charge in [-0.05, 0) is 139 Å².